The Morgan fingerprint density at radius 1 is 1.40 bits per heavy atom. The normalized spacial score (nSPS) is 18.9. The van der Waals surface area contributed by atoms with Gasteiger partial charge in [0.1, 0.15) is 5.75 Å². The van der Waals surface area contributed by atoms with E-state index in [4.69, 9.17) is 9.47 Å². The highest BCUT2D eigenvalue weighted by atomic mass is 16.5. The number of nitrogens with one attached hydrogen (secondary N) is 2. The lowest BCUT2D eigenvalue weighted by molar-refractivity contribution is -0.122. The quantitative estimate of drug-likeness (QED) is 0.862. The summed E-state index contributed by atoms with van der Waals surface area (Å²) in [5.74, 6) is 0.563. The molecule has 1 fully saturated rings. The summed E-state index contributed by atoms with van der Waals surface area (Å²) >= 11 is 0. The SMILES string of the molecule is CNC(=O)COc1cccc(NC2CCCOCC2)c1. The van der Waals surface area contributed by atoms with Crippen molar-refractivity contribution in [1.82, 2.24) is 5.32 Å². The lowest BCUT2D eigenvalue weighted by atomic mass is 10.1. The predicted octanol–water partition coefficient (Wildman–Crippen LogP) is 1.79. The van der Waals surface area contributed by atoms with Gasteiger partial charge in [-0.15, -0.1) is 0 Å². The monoisotopic (exact) mass is 278 g/mol. The van der Waals surface area contributed by atoms with Crippen LogP contribution in [0, 0.1) is 0 Å². The molecule has 1 aromatic rings. The van der Waals surface area contributed by atoms with Crippen molar-refractivity contribution in [1.29, 1.82) is 0 Å². The van der Waals surface area contributed by atoms with Gasteiger partial charge < -0.3 is 20.1 Å². The number of anilines is 1. The molecule has 110 valence electrons. The van der Waals surface area contributed by atoms with E-state index >= 15 is 0 Å². The van der Waals surface area contributed by atoms with Gasteiger partial charge in [-0.2, -0.15) is 0 Å². The molecule has 20 heavy (non-hydrogen) atoms. The maximum absolute atomic E-state index is 11.2. The van der Waals surface area contributed by atoms with Crippen LogP contribution < -0.4 is 15.4 Å². The average Bonchev–Trinajstić information content (AvgIpc) is 2.74. The molecule has 1 amide bonds. The zero-order valence-electron chi connectivity index (χ0n) is 11.9. The topological polar surface area (TPSA) is 59.6 Å². The van der Waals surface area contributed by atoms with Crippen LogP contribution in [0.3, 0.4) is 0 Å². The zero-order valence-corrected chi connectivity index (χ0v) is 11.9. The molecular formula is C15H22N2O3. The van der Waals surface area contributed by atoms with Gasteiger partial charge in [-0.05, 0) is 31.4 Å². The van der Waals surface area contributed by atoms with Gasteiger partial charge in [0.2, 0.25) is 0 Å². The van der Waals surface area contributed by atoms with E-state index in [2.05, 4.69) is 10.6 Å². The van der Waals surface area contributed by atoms with Crippen LogP contribution >= 0.6 is 0 Å². The van der Waals surface area contributed by atoms with Gasteiger partial charge in [0.15, 0.2) is 6.61 Å². The fourth-order valence-corrected chi connectivity index (χ4v) is 2.18. The second kappa shape index (κ2) is 7.75. The first-order chi connectivity index (χ1) is 9.78. The standard InChI is InChI=1S/C15H22N2O3/c1-16-15(18)11-20-14-6-2-4-13(10-14)17-12-5-3-8-19-9-7-12/h2,4,6,10,12,17H,3,5,7-9,11H2,1H3,(H,16,18). The molecule has 1 unspecified atom stereocenters. The number of ether oxygens (including phenoxy) is 2. The molecule has 2 rings (SSSR count). The zero-order chi connectivity index (χ0) is 14.2. The van der Waals surface area contributed by atoms with Crippen LogP contribution in [0.1, 0.15) is 19.3 Å². The molecule has 0 aliphatic carbocycles. The summed E-state index contributed by atoms with van der Waals surface area (Å²) in [6.45, 7) is 1.70. The van der Waals surface area contributed by atoms with Crippen LogP contribution in [-0.2, 0) is 9.53 Å². The van der Waals surface area contributed by atoms with Gasteiger partial charge in [-0.25, -0.2) is 0 Å². The van der Waals surface area contributed by atoms with Gasteiger partial charge in [0.25, 0.3) is 5.91 Å². The lowest BCUT2D eigenvalue weighted by Gasteiger charge is -2.17. The third-order valence-corrected chi connectivity index (χ3v) is 3.31. The fraction of sp³-hybridized carbons (Fsp3) is 0.533. The molecule has 0 spiro atoms. The molecular weight excluding hydrogens is 256 g/mol. The largest absolute Gasteiger partial charge is 0.484 e. The van der Waals surface area contributed by atoms with Crippen LogP contribution in [0.4, 0.5) is 5.69 Å². The van der Waals surface area contributed by atoms with Crippen LogP contribution in [-0.4, -0.2) is 38.8 Å². The molecule has 5 nitrogen and oxygen atoms in total. The number of amides is 1. The highest BCUT2D eigenvalue weighted by Crippen LogP contribution is 2.20. The Kier molecular flexibility index (Phi) is 5.68. The van der Waals surface area contributed by atoms with Crippen molar-refractivity contribution < 1.29 is 14.3 Å². The number of hydrogen-bond acceptors (Lipinski definition) is 4. The molecule has 5 heteroatoms. The Morgan fingerprint density at radius 3 is 3.15 bits per heavy atom. The summed E-state index contributed by atoms with van der Waals surface area (Å²) in [6, 6.07) is 8.15. The first-order valence-electron chi connectivity index (χ1n) is 7.05. The van der Waals surface area contributed by atoms with E-state index < -0.39 is 0 Å². The second-order valence-electron chi connectivity index (χ2n) is 4.87. The Morgan fingerprint density at radius 2 is 2.30 bits per heavy atom. The second-order valence-corrected chi connectivity index (χ2v) is 4.87. The van der Waals surface area contributed by atoms with Crippen molar-refractivity contribution in [2.24, 2.45) is 0 Å². The Hall–Kier alpha value is -1.75. The van der Waals surface area contributed by atoms with Gasteiger partial charge in [-0.3, -0.25) is 4.79 Å². The molecule has 1 saturated heterocycles. The Balaban J connectivity index is 1.89. The summed E-state index contributed by atoms with van der Waals surface area (Å²) in [5, 5.41) is 6.03. The average molecular weight is 278 g/mol. The van der Waals surface area contributed by atoms with E-state index in [1.807, 2.05) is 24.3 Å². The molecule has 1 aliphatic heterocycles. The summed E-state index contributed by atoms with van der Waals surface area (Å²) in [6.07, 6.45) is 3.22. The van der Waals surface area contributed by atoms with E-state index in [-0.39, 0.29) is 12.5 Å². The molecule has 1 aliphatic rings. The number of carbonyl (C=O) groups is 1. The lowest BCUT2D eigenvalue weighted by Crippen LogP contribution is -2.24. The van der Waals surface area contributed by atoms with Crippen molar-refractivity contribution in [3.63, 3.8) is 0 Å². The minimum Gasteiger partial charge on any atom is -0.484 e. The van der Waals surface area contributed by atoms with E-state index in [9.17, 15) is 4.79 Å². The van der Waals surface area contributed by atoms with Crippen molar-refractivity contribution >= 4 is 11.6 Å². The highest BCUT2D eigenvalue weighted by molar-refractivity contribution is 5.77. The van der Waals surface area contributed by atoms with Gasteiger partial charge in [-0.1, -0.05) is 6.07 Å². The van der Waals surface area contributed by atoms with Gasteiger partial charge >= 0.3 is 0 Å². The smallest absolute Gasteiger partial charge is 0.257 e. The van der Waals surface area contributed by atoms with Crippen LogP contribution in [0.25, 0.3) is 0 Å². The van der Waals surface area contributed by atoms with E-state index in [1.54, 1.807) is 7.05 Å². The summed E-state index contributed by atoms with van der Waals surface area (Å²) in [4.78, 5) is 11.2. The maximum atomic E-state index is 11.2. The first-order valence-corrected chi connectivity index (χ1v) is 7.05. The van der Waals surface area contributed by atoms with E-state index in [0.29, 0.717) is 11.8 Å². The van der Waals surface area contributed by atoms with Crippen molar-refractivity contribution in [2.75, 3.05) is 32.2 Å². The molecule has 2 N–H and O–H groups in total. The van der Waals surface area contributed by atoms with E-state index in [1.165, 1.54) is 0 Å². The van der Waals surface area contributed by atoms with Gasteiger partial charge in [0.05, 0.1) is 0 Å². The van der Waals surface area contributed by atoms with Crippen LogP contribution in [0.2, 0.25) is 0 Å². The van der Waals surface area contributed by atoms with Crippen molar-refractivity contribution in [2.45, 2.75) is 25.3 Å². The molecule has 1 heterocycles. The minimum absolute atomic E-state index is 0.0389. The summed E-state index contributed by atoms with van der Waals surface area (Å²) in [7, 11) is 1.60. The minimum atomic E-state index is -0.135. The molecule has 1 atom stereocenters. The summed E-state index contributed by atoms with van der Waals surface area (Å²) in [5.41, 5.74) is 1.02. The maximum Gasteiger partial charge on any atom is 0.257 e. The van der Waals surface area contributed by atoms with Gasteiger partial charge in [0, 0.05) is 38.1 Å². The Bertz CT molecular complexity index is 429. The summed E-state index contributed by atoms with van der Waals surface area (Å²) < 4.78 is 10.9. The fourth-order valence-electron chi connectivity index (χ4n) is 2.18. The van der Waals surface area contributed by atoms with Crippen LogP contribution in [0.15, 0.2) is 24.3 Å². The first kappa shape index (κ1) is 14.7. The molecule has 1 aromatic carbocycles. The number of benzene rings is 1. The third-order valence-electron chi connectivity index (χ3n) is 3.31. The van der Waals surface area contributed by atoms with Crippen molar-refractivity contribution in [3.8, 4) is 5.75 Å². The molecule has 0 radical (unpaired) electrons. The highest BCUT2D eigenvalue weighted by Gasteiger charge is 2.12. The van der Waals surface area contributed by atoms with Crippen molar-refractivity contribution in [3.05, 3.63) is 24.3 Å². The Labute approximate surface area is 119 Å². The van der Waals surface area contributed by atoms with E-state index in [0.717, 1.165) is 38.2 Å². The number of likely N-dealkylation sites (N-methyl/N-ethyl adjacent to an activating group) is 1. The molecule has 0 saturated carbocycles. The molecule has 0 aromatic heterocycles. The number of hydrogen-bond donors (Lipinski definition) is 2. The molecule has 0 bridgehead atoms. The number of carbonyl (C=O) groups excluding carboxylic acids is 1. The third kappa shape index (κ3) is 4.74. The number of rotatable bonds is 5. The predicted molar refractivity (Wildman–Crippen MR) is 78.1 cm³/mol. The van der Waals surface area contributed by atoms with Crippen LogP contribution in [0.5, 0.6) is 5.75 Å².